The van der Waals surface area contributed by atoms with Gasteiger partial charge in [-0.2, -0.15) is 9.57 Å². The lowest BCUT2D eigenvalue weighted by atomic mass is 10.5. The molecular formula is C9H8N2O2S2. The van der Waals surface area contributed by atoms with Crippen LogP contribution in [0.4, 0.5) is 0 Å². The molecule has 0 aliphatic carbocycles. The molecule has 0 radical (unpaired) electrons. The summed E-state index contributed by atoms with van der Waals surface area (Å²) >= 11 is 0.935. The summed E-state index contributed by atoms with van der Waals surface area (Å²) in [6.45, 7) is 0.0160. The van der Waals surface area contributed by atoms with Crippen LogP contribution in [0.3, 0.4) is 0 Å². The molecule has 1 rings (SSSR count). The highest BCUT2D eigenvalue weighted by molar-refractivity contribution is 7.91. The van der Waals surface area contributed by atoms with Crippen LogP contribution in [0.2, 0.25) is 0 Å². The van der Waals surface area contributed by atoms with E-state index in [1.807, 2.05) is 6.07 Å². The Balaban J connectivity index is 3.08. The highest BCUT2D eigenvalue weighted by Gasteiger charge is 2.21. The van der Waals surface area contributed by atoms with E-state index in [0.717, 1.165) is 15.6 Å². The molecule has 1 aromatic heterocycles. The average molecular weight is 240 g/mol. The molecule has 0 aliphatic heterocycles. The molecule has 0 fully saturated rings. The van der Waals surface area contributed by atoms with E-state index in [1.165, 1.54) is 19.2 Å². The van der Waals surface area contributed by atoms with Gasteiger partial charge in [-0.3, -0.25) is 0 Å². The molecule has 0 unspecified atom stereocenters. The summed E-state index contributed by atoms with van der Waals surface area (Å²) in [5.74, 6) is 2.25. The Labute approximate surface area is 92.8 Å². The van der Waals surface area contributed by atoms with Gasteiger partial charge >= 0.3 is 0 Å². The van der Waals surface area contributed by atoms with E-state index >= 15 is 0 Å². The lowest BCUT2D eigenvalue weighted by Crippen LogP contribution is -2.26. The van der Waals surface area contributed by atoms with Gasteiger partial charge in [-0.1, -0.05) is 5.92 Å². The minimum absolute atomic E-state index is 0.0160. The first-order valence-electron chi connectivity index (χ1n) is 3.92. The molecule has 0 N–H and O–H groups in total. The smallest absolute Gasteiger partial charge is 0.206 e. The van der Waals surface area contributed by atoms with Crippen LogP contribution in [0.1, 0.15) is 4.88 Å². The highest BCUT2D eigenvalue weighted by atomic mass is 32.2. The number of hydrogen-bond acceptors (Lipinski definition) is 4. The Morgan fingerprint density at radius 1 is 1.60 bits per heavy atom. The topological polar surface area (TPSA) is 61.2 Å². The Hall–Kier alpha value is -1.34. The summed E-state index contributed by atoms with van der Waals surface area (Å²) in [6.07, 6.45) is 5.03. The van der Waals surface area contributed by atoms with Crippen molar-refractivity contribution in [2.45, 2.75) is 4.21 Å². The van der Waals surface area contributed by atoms with Gasteiger partial charge in [-0.15, -0.1) is 17.8 Å². The molecule has 0 aliphatic rings. The molecule has 0 amide bonds. The summed E-state index contributed by atoms with van der Waals surface area (Å²) < 4.78 is 24.8. The van der Waals surface area contributed by atoms with Crippen molar-refractivity contribution >= 4 is 21.4 Å². The van der Waals surface area contributed by atoms with Gasteiger partial charge in [0.25, 0.3) is 10.0 Å². The second-order valence-corrected chi connectivity index (χ2v) is 6.05. The number of sulfonamides is 1. The van der Waals surface area contributed by atoms with E-state index in [-0.39, 0.29) is 10.8 Å². The van der Waals surface area contributed by atoms with Gasteiger partial charge in [0.1, 0.15) is 15.2 Å². The van der Waals surface area contributed by atoms with Gasteiger partial charge in [0.15, 0.2) is 0 Å². The fourth-order valence-electron chi connectivity index (χ4n) is 0.886. The molecule has 0 saturated carbocycles. The molecule has 0 bridgehead atoms. The normalized spacial score (nSPS) is 10.9. The van der Waals surface area contributed by atoms with E-state index in [9.17, 15) is 8.42 Å². The minimum atomic E-state index is -3.53. The zero-order valence-corrected chi connectivity index (χ0v) is 9.60. The highest BCUT2D eigenvalue weighted by Crippen LogP contribution is 2.23. The standard InChI is InChI=1S/C9H8N2O2S2/c1-3-6-11(2)15(12,13)9-5-4-8(7-10)14-9/h1,4-5H,6H2,2H3. The number of thiophene rings is 1. The maximum Gasteiger partial charge on any atom is 0.253 e. The molecule has 4 nitrogen and oxygen atoms in total. The van der Waals surface area contributed by atoms with Gasteiger partial charge in [-0.05, 0) is 12.1 Å². The lowest BCUT2D eigenvalue weighted by Gasteiger charge is -2.11. The van der Waals surface area contributed by atoms with E-state index in [1.54, 1.807) is 0 Å². The largest absolute Gasteiger partial charge is 0.253 e. The van der Waals surface area contributed by atoms with Gasteiger partial charge < -0.3 is 0 Å². The third kappa shape index (κ3) is 2.37. The van der Waals surface area contributed by atoms with Crippen molar-refractivity contribution in [3.8, 4) is 18.4 Å². The predicted octanol–water partition coefficient (Wildman–Crippen LogP) is 0.873. The maximum absolute atomic E-state index is 11.8. The fourth-order valence-corrected chi connectivity index (χ4v) is 3.28. The van der Waals surface area contributed by atoms with Crippen LogP contribution in [-0.2, 0) is 10.0 Å². The molecule has 1 aromatic rings. The first kappa shape index (κ1) is 11.7. The van der Waals surface area contributed by atoms with Gasteiger partial charge in [-0.25, -0.2) is 8.42 Å². The Bertz CT molecular complexity index is 531. The van der Waals surface area contributed by atoms with Crippen molar-refractivity contribution < 1.29 is 8.42 Å². The predicted molar refractivity (Wildman–Crippen MR) is 57.7 cm³/mol. The minimum Gasteiger partial charge on any atom is -0.206 e. The Kier molecular flexibility index (Phi) is 3.48. The number of nitrogens with zero attached hydrogens (tertiary/aromatic N) is 2. The molecule has 0 aromatic carbocycles. The van der Waals surface area contributed by atoms with Gasteiger partial charge in [0, 0.05) is 7.05 Å². The van der Waals surface area contributed by atoms with Crippen molar-refractivity contribution in [1.82, 2.24) is 4.31 Å². The zero-order chi connectivity index (χ0) is 11.5. The monoisotopic (exact) mass is 240 g/mol. The van der Waals surface area contributed by atoms with Crippen LogP contribution >= 0.6 is 11.3 Å². The molecule has 15 heavy (non-hydrogen) atoms. The van der Waals surface area contributed by atoms with Crippen LogP contribution in [0.15, 0.2) is 16.3 Å². The molecule has 0 saturated heterocycles. The number of terminal acetylenes is 1. The lowest BCUT2D eigenvalue weighted by molar-refractivity contribution is 0.505. The summed E-state index contributed by atoms with van der Waals surface area (Å²) in [5.41, 5.74) is 0. The summed E-state index contributed by atoms with van der Waals surface area (Å²) in [5, 5.41) is 8.58. The van der Waals surface area contributed by atoms with E-state index in [0.29, 0.717) is 4.88 Å². The second kappa shape index (κ2) is 4.45. The third-order valence-corrected chi connectivity index (χ3v) is 4.93. The van der Waals surface area contributed by atoms with Gasteiger partial charge in [0.05, 0.1) is 6.54 Å². The number of nitriles is 1. The van der Waals surface area contributed by atoms with E-state index < -0.39 is 10.0 Å². The summed E-state index contributed by atoms with van der Waals surface area (Å²) in [4.78, 5) is 0.364. The molecule has 0 spiro atoms. The van der Waals surface area contributed by atoms with Crippen molar-refractivity contribution in [2.24, 2.45) is 0 Å². The van der Waals surface area contributed by atoms with Crippen LogP contribution in [0.25, 0.3) is 0 Å². The van der Waals surface area contributed by atoms with E-state index in [4.69, 9.17) is 11.7 Å². The molecule has 0 atom stereocenters. The van der Waals surface area contributed by atoms with Crippen LogP contribution < -0.4 is 0 Å². The molecular weight excluding hydrogens is 232 g/mol. The van der Waals surface area contributed by atoms with Crippen LogP contribution in [0.5, 0.6) is 0 Å². The first-order valence-corrected chi connectivity index (χ1v) is 6.17. The molecule has 78 valence electrons. The van der Waals surface area contributed by atoms with Crippen molar-refractivity contribution in [1.29, 1.82) is 5.26 Å². The van der Waals surface area contributed by atoms with E-state index in [2.05, 4.69) is 5.92 Å². The number of rotatable bonds is 3. The Morgan fingerprint density at radius 3 is 2.73 bits per heavy atom. The average Bonchev–Trinajstić information content (AvgIpc) is 2.66. The van der Waals surface area contributed by atoms with Crippen LogP contribution in [-0.4, -0.2) is 26.3 Å². The van der Waals surface area contributed by atoms with Crippen LogP contribution in [0, 0.1) is 23.7 Å². The summed E-state index contributed by atoms with van der Waals surface area (Å²) in [7, 11) is -2.13. The first-order chi connectivity index (χ1) is 7.02. The van der Waals surface area contributed by atoms with Crippen molar-refractivity contribution in [3.63, 3.8) is 0 Å². The van der Waals surface area contributed by atoms with Crippen molar-refractivity contribution in [2.75, 3.05) is 13.6 Å². The number of hydrogen-bond donors (Lipinski definition) is 0. The molecule has 1 heterocycles. The fraction of sp³-hybridized carbons (Fsp3) is 0.222. The second-order valence-electron chi connectivity index (χ2n) is 2.70. The van der Waals surface area contributed by atoms with Gasteiger partial charge in [0.2, 0.25) is 0 Å². The molecule has 6 heteroatoms. The summed E-state index contributed by atoms with van der Waals surface area (Å²) in [6, 6.07) is 4.77. The third-order valence-electron chi connectivity index (χ3n) is 1.67. The Morgan fingerprint density at radius 2 is 2.27 bits per heavy atom. The zero-order valence-electron chi connectivity index (χ0n) is 7.97. The maximum atomic E-state index is 11.8. The quantitative estimate of drug-likeness (QED) is 0.737. The SMILES string of the molecule is C#CCN(C)S(=O)(=O)c1ccc(C#N)s1. The van der Waals surface area contributed by atoms with Crippen molar-refractivity contribution in [3.05, 3.63) is 17.0 Å².